The second kappa shape index (κ2) is 7.75. The van der Waals surface area contributed by atoms with Crippen molar-refractivity contribution in [1.29, 1.82) is 0 Å². The van der Waals surface area contributed by atoms with Gasteiger partial charge < -0.3 is 4.98 Å². The first kappa shape index (κ1) is 24.7. The fourth-order valence-electron chi connectivity index (χ4n) is 4.51. The number of amides is 2. The van der Waals surface area contributed by atoms with Crippen LogP contribution in [0.4, 0.5) is 32.0 Å². The molecular formula is C23H13ClF6N4O3. The maximum Gasteiger partial charge on any atom is 0.472 e. The molecule has 3 heterocycles. The molecular weight excluding hydrogens is 530 g/mol. The third-order valence-corrected chi connectivity index (χ3v) is 6.28. The molecule has 0 fully saturated rings. The summed E-state index contributed by atoms with van der Waals surface area (Å²) >= 11 is 5.63. The van der Waals surface area contributed by atoms with Crippen LogP contribution in [0.2, 0.25) is 5.02 Å². The van der Waals surface area contributed by atoms with Crippen molar-refractivity contribution in [1.82, 2.24) is 14.6 Å². The van der Waals surface area contributed by atoms with Gasteiger partial charge in [0.25, 0.3) is 11.8 Å². The van der Waals surface area contributed by atoms with Crippen molar-refractivity contribution < 1.29 is 40.7 Å². The van der Waals surface area contributed by atoms with Gasteiger partial charge in [0.15, 0.2) is 0 Å². The molecule has 0 atom stereocenters. The molecule has 0 saturated heterocycles. The van der Waals surface area contributed by atoms with Crippen molar-refractivity contribution >= 4 is 56.8 Å². The van der Waals surface area contributed by atoms with Crippen LogP contribution in [-0.4, -0.2) is 38.5 Å². The first-order valence-electron chi connectivity index (χ1n) is 10.4. The van der Waals surface area contributed by atoms with Crippen molar-refractivity contribution in [2.75, 3.05) is 5.43 Å². The van der Waals surface area contributed by atoms with E-state index in [1.165, 1.54) is 19.1 Å². The quantitative estimate of drug-likeness (QED) is 0.232. The normalized spacial score (nSPS) is 14.2. The van der Waals surface area contributed by atoms with E-state index in [9.17, 15) is 40.7 Å². The summed E-state index contributed by atoms with van der Waals surface area (Å²) in [5.74, 6) is -4.16. The van der Waals surface area contributed by atoms with Crippen LogP contribution in [-0.2, 0) is 6.18 Å². The lowest BCUT2D eigenvalue weighted by atomic mass is 10.0. The van der Waals surface area contributed by atoms with Crippen molar-refractivity contribution in [3.05, 3.63) is 63.4 Å². The Hall–Kier alpha value is -4.00. The summed E-state index contributed by atoms with van der Waals surface area (Å²) in [4.78, 5) is 41.8. The molecule has 14 heteroatoms. The van der Waals surface area contributed by atoms with Gasteiger partial charge in [-0.1, -0.05) is 11.6 Å². The number of aromatic nitrogens is 2. The highest BCUT2D eigenvalue weighted by Gasteiger charge is 2.45. The molecule has 5 rings (SSSR count). The van der Waals surface area contributed by atoms with Crippen LogP contribution in [0.25, 0.3) is 21.8 Å². The number of imide groups is 1. The third-order valence-electron chi connectivity index (χ3n) is 5.95. The van der Waals surface area contributed by atoms with Crippen molar-refractivity contribution in [2.24, 2.45) is 0 Å². The van der Waals surface area contributed by atoms with E-state index in [0.717, 1.165) is 12.1 Å². The van der Waals surface area contributed by atoms with E-state index in [0.29, 0.717) is 21.3 Å². The minimum absolute atomic E-state index is 0.0193. The van der Waals surface area contributed by atoms with Crippen molar-refractivity contribution in [2.45, 2.75) is 26.2 Å². The molecule has 7 nitrogen and oxygen atoms in total. The highest BCUT2D eigenvalue weighted by atomic mass is 35.5. The Balaban J connectivity index is 1.72. The molecule has 2 aromatic carbocycles. The number of nitrogens with zero attached hydrogens (tertiary/aromatic N) is 2. The number of carbonyl (C=O) groups is 3. The number of aromatic amines is 1. The molecule has 2 aromatic heterocycles. The molecule has 0 spiro atoms. The fourth-order valence-corrected chi connectivity index (χ4v) is 4.73. The zero-order chi connectivity index (χ0) is 27.2. The molecule has 1 aliphatic heterocycles. The summed E-state index contributed by atoms with van der Waals surface area (Å²) in [7, 11) is 0. The number of halogens is 7. The van der Waals surface area contributed by atoms with E-state index in [-0.39, 0.29) is 44.3 Å². The number of alkyl halides is 6. The number of aryl methyl sites for hydroxylation is 2. The first-order chi connectivity index (χ1) is 17.1. The van der Waals surface area contributed by atoms with E-state index in [4.69, 9.17) is 11.6 Å². The van der Waals surface area contributed by atoms with Gasteiger partial charge in [0.05, 0.1) is 38.4 Å². The Morgan fingerprint density at radius 2 is 1.57 bits per heavy atom. The largest absolute Gasteiger partial charge is 0.472 e. The smallest absolute Gasteiger partial charge is 0.357 e. The molecule has 0 aliphatic carbocycles. The minimum Gasteiger partial charge on any atom is -0.357 e. The highest BCUT2D eigenvalue weighted by molar-refractivity contribution is 6.34. The Labute approximate surface area is 207 Å². The summed E-state index contributed by atoms with van der Waals surface area (Å²) in [6, 6.07) is 5.27. The number of hydrogen-bond acceptors (Lipinski definition) is 4. The predicted octanol–water partition coefficient (Wildman–Crippen LogP) is 6.24. The molecule has 0 unspecified atom stereocenters. The number of benzene rings is 2. The van der Waals surface area contributed by atoms with Crippen molar-refractivity contribution in [3.63, 3.8) is 0 Å². The van der Waals surface area contributed by atoms with Gasteiger partial charge in [-0.25, -0.2) is 0 Å². The lowest BCUT2D eigenvalue weighted by Gasteiger charge is -2.18. The van der Waals surface area contributed by atoms with Crippen LogP contribution >= 0.6 is 11.6 Å². The summed E-state index contributed by atoms with van der Waals surface area (Å²) < 4.78 is 80.4. The van der Waals surface area contributed by atoms with Crippen molar-refractivity contribution in [3.8, 4) is 0 Å². The third kappa shape index (κ3) is 3.64. The molecule has 0 saturated carbocycles. The van der Waals surface area contributed by atoms with Gasteiger partial charge in [-0.3, -0.25) is 24.4 Å². The van der Waals surface area contributed by atoms with Crippen LogP contribution in [0.5, 0.6) is 0 Å². The van der Waals surface area contributed by atoms with E-state index >= 15 is 0 Å². The summed E-state index contributed by atoms with van der Waals surface area (Å²) in [5, 5.41) is -0.163. The molecule has 1 aliphatic rings. The Morgan fingerprint density at radius 3 is 2.16 bits per heavy atom. The van der Waals surface area contributed by atoms with Crippen LogP contribution in [0.15, 0.2) is 30.3 Å². The molecule has 0 bridgehead atoms. The van der Waals surface area contributed by atoms with Gasteiger partial charge >= 0.3 is 18.3 Å². The number of carbonyl (C=O) groups excluding carboxylic acids is 3. The second-order valence-electron chi connectivity index (χ2n) is 8.43. The SMILES string of the molecule is Cc1cc2c3c(c4cc(C)n(C(=O)C(F)(F)F)c4c2[nH]1)C(=O)N(Nc1ccc(Cl)c(C(F)(F)F)c1)C3=O. The van der Waals surface area contributed by atoms with Gasteiger partial charge in [-0.2, -0.15) is 31.4 Å². The van der Waals surface area contributed by atoms with E-state index in [2.05, 4.69) is 10.4 Å². The number of anilines is 1. The van der Waals surface area contributed by atoms with Gasteiger partial charge in [-0.15, -0.1) is 0 Å². The van der Waals surface area contributed by atoms with Gasteiger partial charge in [0.2, 0.25) is 0 Å². The Bertz CT molecular complexity index is 1680. The number of hydrogen-bond donors (Lipinski definition) is 2. The Morgan fingerprint density at radius 1 is 0.946 bits per heavy atom. The molecule has 192 valence electrons. The number of hydrazine groups is 1. The van der Waals surface area contributed by atoms with Gasteiger partial charge in [-0.05, 0) is 44.2 Å². The van der Waals surface area contributed by atoms with Gasteiger partial charge in [0.1, 0.15) is 0 Å². The van der Waals surface area contributed by atoms with Gasteiger partial charge in [0, 0.05) is 22.2 Å². The van der Waals surface area contributed by atoms with Crippen LogP contribution in [0.1, 0.15) is 42.5 Å². The lowest BCUT2D eigenvalue weighted by Crippen LogP contribution is -2.35. The zero-order valence-electron chi connectivity index (χ0n) is 18.7. The number of fused-ring (bicyclic) bond motifs is 6. The number of nitrogens with one attached hydrogen (secondary N) is 2. The van der Waals surface area contributed by atoms with Crippen LogP contribution < -0.4 is 5.43 Å². The Kier molecular flexibility index (Phi) is 5.17. The molecule has 4 aromatic rings. The minimum atomic E-state index is -5.23. The monoisotopic (exact) mass is 542 g/mol. The van der Waals surface area contributed by atoms with E-state index in [1.807, 2.05) is 0 Å². The number of rotatable bonds is 2. The molecule has 37 heavy (non-hydrogen) atoms. The standard InChI is InChI=1S/C23H13ClF6N4O3/c1-8-5-11-15-16(12-6-9(2)33(18(12)17(11)31-8)21(37)23(28,29)30)20(36)34(19(15)35)32-10-3-4-14(24)13(7-10)22(25,26)27/h3-7,31-32H,1-2H3. The lowest BCUT2D eigenvalue weighted by molar-refractivity contribution is -0.137. The predicted molar refractivity (Wildman–Crippen MR) is 121 cm³/mol. The topological polar surface area (TPSA) is 87.2 Å². The first-order valence-corrected chi connectivity index (χ1v) is 10.8. The van der Waals surface area contributed by atoms with E-state index in [1.54, 1.807) is 6.92 Å². The molecule has 0 radical (unpaired) electrons. The summed E-state index contributed by atoms with van der Waals surface area (Å²) in [6.45, 7) is 2.80. The van der Waals surface area contributed by atoms with E-state index < -0.39 is 40.7 Å². The summed E-state index contributed by atoms with van der Waals surface area (Å²) in [5.41, 5.74) is 0.432. The van der Waals surface area contributed by atoms with Crippen LogP contribution in [0, 0.1) is 13.8 Å². The maximum atomic E-state index is 13.4. The van der Waals surface area contributed by atoms with Crippen LogP contribution in [0.3, 0.4) is 0 Å². The molecule has 2 N–H and O–H groups in total. The average Bonchev–Trinajstić information content (AvgIpc) is 3.40. The molecule has 2 amide bonds. The second-order valence-corrected chi connectivity index (χ2v) is 8.83. The number of H-pyrrole nitrogens is 1. The maximum absolute atomic E-state index is 13.4. The highest BCUT2D eigenvalue weighted by Crippen LogP contribution is 2.41. The fraction of sp³-hybridized carbons (Fsp3) is 0.174. The average molecular weight is 543 g/mol. The zero-order valence-corrected chi connectivity index (χ0v) is 19.4. The summed E-state index contributed by atoms with van der Waals surface area (Å²) in [6.07, 6.45) is -10.1.